The summed E-state index contributed by atoms with van der Waals surface area (Å²) in [5.74, 6) is 0. The Morgan fingerprint density at radius 1 is 1.42 bits per heavy atom. The molecule has 19 heavy (non-hydrogen) atoms. The van der Waals surface area contributed by atoms with Gasteiger partial charge in [-0.15, -0.1) is 0 Å². The molecule has 1 aromatic carbocycles. The van der Waals surface area contributed by atoms with Crippen molar-refractivity contribution in [2.75, 3.05) is 13.6 Å². The molecular weight excluding hydrogens is 260 g/mol. The Kier molecular flexibility index (Phi) is 3.21. The minimum atomic E-state index is 0.0519. The first kappa shape index (κ1) is 12.9. The zero-order valence-electron chi connectivity index (χ0n) is 11.2. The van der Waals surface area contributed by atoms with Gasteiger partial charge in [-0.1, -0.05) is 17.7 Å². The fraction of sp³-hybridized carbons (Fsp3) is 0.400. The van der Waals surface area contributed by atoms with Crippen LogP contribution in [0, 0.1) is 6.92 Å². The molecule has 2 aromatic rings. The molecule has 0 saturated heterocycles. The van der Waals surface area contributed by atoms with E-state index in [0.717, 1.165) is 52.3 Å². The van der Waals surface area contributed by atoms with Gasteiger partial charge in [0.1, 0.15) is 0 Å². The Balaban J connectivity index is 2.35. The summed E-state index contributed by atoms with van der Waals surface area (Å²) in [5, 5.41) is 11.5. The van der Waals surface area contributed by atoms with Crippen molar-refractivity contribution in [3.05, 3.63) is 39.5 Å². The van der Waals surface area contributed by atoms with Crippen molar-refractivity contribution in [1.29, 1.82) is 0 Å². The number of aromatic nitrogens is 1. The zero-order chi connectivity index (χ0) is 13.6. The molecule has 100 valence electrons. The average molecular weight is 277 g/mol. The first-order valence-corrected chi connectivity index (χ1v) is 6.88. The van der Waals surface area contributed by atoms with Gasteiger partial charge >= 0.3 is 0 Å². The van der Waals surface area contributed by atoms with Gasteiger partial charge in [0.25, 0.3) is 0 Å². The van der Waals surface area contributed by atoms with E-state index in [9.17, 15) is 5.11 Å². The second-order valence-corrected chi connectivity index (χ2v) is 5.64. The SMILES string of the molecule is Cc1c(Cl)ccc2c(CO)c3c(nc12)CCN(C)C3. The monoisotopic (exact) mass is 276 g/mol. The number of aliphatic hydroxyl groups excluding tert-OH is 1. The standard InChI is InChI=1S/C15H17ClN2O/c1-9-13(16)4-3-10-12(8-19)11-7-18(2)6-5-14(11)17-15(9)10/h3-4,19H,5-8H2,1-2H3. The summed E-state index contributed by atoms with van der Waals surface area (Å²) in [6.45, 7) is 3.91. The van der Waals surface area contributed by atoms with Crippen LogP contribution in [0.2, 0.25) is 5.02 Å². The Morgan fingerprint density at radius 2 is 2.21 bits per heavy atom. The Hall–Kier alpha value is -1.16. The number of benzene rings is 1. The van der Waals surface area contributed by atoms with Crippen LogP contribution in [-0.4, -0.2) is 28.6 Å². The number of aliphatic hydroxyl groups is 1. The highest BCUT2D eigenvalue weighted by Gasteiger charge is 2.21. The normalized spacial score (nSPS) is 15.8. The summed E-state index contributed by atoms with van der Waals surface area (Å²) in [7, 11) is 2.10. The Labute approximate surface area is 117 Å². The summed E-state index contributed by atoms with van der Waals surface area (Å²) in [6.07, 6.45) is 0.931. The highest BCUT2D eigenvalue weighted by atomic mass is 35.5. The van der Waals surface area contributed by atoms with Crippen molar-refractivity contribution in [2.45, 2.75) is 26.5 Å². The van der Waals surface area contributed by atoms with E-state index < -0.39 is 0 Å². The maximum Gasteiger partial charge on any atom is 0.0753 e. The van der Waals surface area contributed by atoms with Crippen molar-refractivity contribution in [1.82, 2.24) is 9.88 Å². The van der Waals surface area contributed by atoms with E-state index >= 15 is 0 Å². The van der Waals surface area contributed by atoms with Crippen LogP contribution in [-0.2, 0) is 19.6 Å². The van der Waals surface area contributed by atoms with Gasteiger partial charge in [-0.3, -0.25) is 4.98 Å². The first-order valence-electron chi connectivity index (χ1n) is 6.50. The number of fused-ring (bicyclic) bond motifs is 2. The lowest BCUT2D eigenvalue weighted by atomic mass is 9.95. The highest BCUT2D eigenvalue weighted by molar-refractivity contribution is 6.32. The lowest BCUT2D eigenvalue weighted by molar-refractivity contribution is 0.271. The topological polar surface area (TPSA) is 36.4 Å². The predicted octanol–water partition coefficient (Wildman–Crippen LogP) is 2.68. The van der Waals surface area contributed by atoms with E-state index in [1.165, 1.54) is 5.56 Å². The van der Waals surface area contributed by atoms with Crippen molar-refractivity contribution in [2.24, 2.45) is 0 Å². The van der Waals surface area contributed by atoms with Crippen LogP contribution in [0.4, 0.5) is 0 Å². The van der Waals surface area contributed by atoms with Crippen molar-refractivity contribution in [3.8, 4) is 0 Å². The molecule has 1 aliphatic rings. The summed E-state index contributed by atoms with van der Waals surface area (Å²) >= 11 is 6.18. The van der Waals surface area contributed by atoms with Crippen LogP contribution >= 0.6 is 11.6 Å². The number of halogens is 1. The molecule has 0 saturated carbocycles. The number of rotatable bonds is 1. The fourth-order valence-electron chi connectivity index (χ4n) is 2.82. The van der Waals surface area contributed by atoms with Crippen LogP contribution in [0.15, 0.2) is 12.1 Å². The van der Waals surface area contributed by atoms with Crippen LogP contribution in [0.5, 0.6) is 0 Å². The van der Waals surface area contributed by atoms with E-state index in [-0.39, 0.29) is 6.61 Å². The lowest BCUT2D eigenvalue weighted by Crippen LogP contribution is -2.28. The number of aryl methyl sites for hydroxylation is 1. The maximum atomic E-state index is 9.76. The van der Waals surface area contributed by atoms with Gasteiger partial charge in [0, 0.05) is 35.6 Å². The molecule has 0 bridgehead atoms. The Bertz CT molecular complexity index is 654. The van der Waals surface area contributed by atoms with Gasteiger partial charge in [0.05, 0.1) is 12.1 Å². The Morgan fingerprint density at radius 3 is 2.95 bits per heavy atom. The second kappa shape index (κ2) is 4.75. The second-order valence-electron chi connectivity index (χ2n) is 5.23. The number of likely N-dealkylation sites (N-methyl/N-ethyl adjacent to an activating group) is 1. The summed E-state index contributed by atoms with van der Waals surface area (Å²) in [4.78, 5) is 7.06. The molecule has 0 aliphatic carbocycles. The summed E-state index contributed by atoms with van der Waals surface area (Å²) in [6, 6.07) is 3.86. The molecule has 2 heterocycles. The minimum Gasteiger partial charge on any atom is -0.392 e. The molecule has 4 heteroatoms. The smallest absolute Gasteiger partial charge is 0.0753 e. The molecule has 1 aromatic heterocycles. The molecule has 0 spiro atoms. The van der Waals surface area contributed by atoms with E-state index in [1.807, 2.05) is 19.1 Å². The number of nitrogens with zero attached hydrogens (tertiary/aromatic N) is 2. The van der Waals surface area contributed by atoms with Crippen LogP contribution in [0.3, 0.4) is 0 Å². The third-order valence-corrected chi connectivity index (χ3v) is 4.38. The van der Waals surface area contributed by atoms with Gasteiger partial charge in [-0.25, -0.2) is 0 Å². The zero-order valence-corrected chi connectivity index (χ0v) is 12.0. The quantitative estimate of drug-likeness (QED) is 0.870. The highest BCUT2D eigenvalue weighted by Crippen LogP contribution is 2.31. The summed E-state index contributed by atoms with van der Waals surface area (Å²) < 4.78 is 0. The lowest BCUT2D eigenvalue weighted by Gasteiger charge is -2.27. The molecule has 3 nitrogen and oxygen atoms in total. The van der Waals surface area contributed by atoms with Gasteiger partial charge < -0.3 is 10.0 Å². The molecule has 0 radical (unpaired) electrons. The van der Waals surface area contributed by atoms with E-state index in [0.29, 0.717) is 0 Å². The fourth-order valence-corrected chi connectivity index (χ4v) is 2.97. The van der Waals surface area contributed by atoms with E-state index in [4.69, 9.17) is 16.6 Å². The molecule has 3 rings (SSSR count). The molecule has 0 unspecified atom stereocenters. The van der Waals surface area contributed by atoms with Crippen molar-refractivity contribution >= 4 is 22.5 Å². The molecule has 1 N–H and O–H groups in total. The third-order valence-electron chi connectivity index (χ3n) is 3.97. The first-order chi connectivity index (χ1) is 9.11. The molecular formula is C15H17ClN2O. The third kappa shape index (κ3) is 2.02. The molecule has 0 amide bonds. The molecule has 1 aliphatic heterocycles. The number of hydrogen-bond acceptors (Lipinski definition) is 3. The number of pyridine rings is 1. The average Bonchev–Trinajstić information content (AvgIpc) is 2.41. The largest absolute Gasteiger partial charge is 0.392 e. The van der Waals surface area contributed by atoms with E-state index in [1.54, 1.807) is 0 Å². The van der Waals surface area contributed by atoms with Crippen LogP contribution in [0.1, 0.15) is 22.4 Å². The van der Waals surface area contributed by atoms with Gasteiger partial charge in [-0.05, 0) is 36.7 Å². The van der Waals surface area contributed by atoms with Crippen molar-refractivity contribution in [3.63, 3.8) is 0 Å². The van der Waals surface area contributed by atoms with Crippen LogP contribution in [0.25, 0.3) is 10.9 Å². The number of hydrogen-bond donors (Lipinski definition) is 1. The van der Waals surface area contributed by atoms with Crippen LogP contribution < -0.4 is 0 Å². The summed E-state index contributed by atoms with van der Waals surface area (Å²) in [5.41, 5.74) is 5.23. The van der Waals surface area contributed by atoms with Gasteiger partial charge in [0.15, 0.2) is 0 Å². The van der Waals surface area contributed by atoms with E-state index in [2.05, 4.69) is 11.9 Å². The predicted molar refractivity (Wildman–Crippen MR) is 77.5 cm³/mol. The van der Waals surface area contributed by atoms with Gasteiger partial charge in [-0.2, -0.15) is 0 Å². The molecule has 0 atom stereocenters. The maximum absolute atomic E-state index is 9.76. The minimum absolute atomic E-state index is 0.0519. The van der Waals surface area contributed by atoms with Crippen molar-refractivity contribution < 1.29 is 5.11 Å². The van der Waals surface area contributed by atoms with Gasteiger partial charge in [0.2, 0.25) is 0 Å². The molecule has 0 fully saturated rings.